The Morgan fingerprint density at radius 3 is 2.59 bits per heavy atom. The van der Waals surface area contributed by atoms with Crippen LogP contribution in [0, 0.1) is 0 Å². The molecule has 0 radical (unpaired) electrons. The molecule has 1 aliphatic rings. The van der Waals surface area contributed by atoms with Gasteiger partial charge in [-0.05, 0) is 30.0 Å². The number of carbonyl (C=O) groups excluding carboxylic acids is 2. The van der Waals surface area contributed by atoms with E-state index in [1.54, 1.807) is 42.5 Å². The van der Waals surface area contributed by atoms with Crippen LogP contribution in [0.3, 0.4) is 0 Å². The summed E-state index contributed by atoms with van der Waals surface area (Å²) in [7, 11) is 2.66. The third-order valence-corrected chi connectivity index (χ3v) is 6.53. The van der Waals surface area contributed by atoms with Crippen molar-refractivity contribution in [3.8, 4) is 11.5 Å². The van der Waals surface area contributed by atoms with Crippen molar-refractivity contribution in [2.24, 2.45) is 10.2 Å². The van der Waals surface area contributed by atoms with E-state index in [0.29, 0.717) is 26.9 Å². The molecule has 0 saturated carbocycles. The molecule has 1 fully saturated rings. The van der Waals surface area contributed by atoms with E-state index < -0.39 is 22.7 Å². The van der Waals surface area contributed by atoms with Crippen molar-refractivity contribution in [1.29, 1.82) is 0 Å². The van der Waals surface area contributed by atoms with E-state index in [2.05, 4.69) is 20.3 Å². The van der Waals surface area contributed by atoms with Gasteiger partial charge in [0.25, 0.3) is 5.91 Å². The standard InChI is InChI=1S/C21H19N3O6S2/c1-28-14-8-9-15(29-2)18(10-14)32(27)17-7-5-4-6-13(17)12-22-24-21-23-20(26)16(31-21)11-19(25)30-3/h4-12H,1-3H3,(H,23,24,26)/b16-11+,22-12?. The number of esters is 1. The highest BCUT2D eigenvalue weighted by Crippen LogP contribution is 2.31. The molecule has 32 heavy (non-hydrogen) atoms. The van der Waals surface area contributed by atoms with Crippen LogP contribution in [0.1, 0.15) is 5.56 Å². The van der Waals surface area contributed by atoms with Crippen LogP contribution in [-0.2, 0) is 25.1 Å². The fraction of sp³-hybridized carbons (Fsp3) is 0.143. The molecule has 0 aromatic heterocycles. The van der Waals surface area contributed by atoms with Crippen molar-refractivity contribution in [2.45, 2.75) is 9.79 Å². The number of nitrogens with one attached hydrogen (secondary N) is 1. The largest absolute Gasteiger partial charge is 0.497 e. The third-order valence-electron chi connectivity index (χ3n) is 4.14. The van der Waals surface area contributed by atoms with E-state index in [9.17, 15) is 13.8 Å². The molecule has 11 heteroatoms. The van der Waals surface area contributed by atoms with Crippen molar-refractivity contribution in [3.05, 3.63) is 59.0 Å². The number of amidine groups is 1. The van der Waals surface area contributed by atoms with Gasteiger partial charge in [0.05, 0.1) is 53.0 Å². The van der Waals surface area contributed by atoms with Crippen molar-refractivity contribution >= 4 is 45.8 Å². The Kier molecular flexibility index (Phi) is 7.79. The first kappa shape index (κ1) is 23.2. The molecule has 0 bridgehead atoms. The van der Waals surface area contributed by atoms with Crippen LogP contribution < -0.4 is 14.8 Å². The van der Waals surface area contributed by atoms with Crippen molar-refractivity contribution in [3.63, 3.8) is 0 Å². The summed E-state index contributed by atoms with van der Waals surface area (Å²) >= 11 is 0.959. The number of rotatable bonds is 7. The average Bonchev–Trinajstić information content (AvgIpc) is 3.16. The predicted molar refractivity (Wildman–Crippen MR) is 122 cm³/mol. The average molecular weight is 474 g/mol. The first-order valence-electron chi connectivity index (χ1n) is 9.09. The SMILES string of the molecule is COC(=O)/C=C1/S/C(=N\N=Cc2ccccc2S(=O)c2cc(OC)ccc2OC)NC1=O. The molecule has 1 aliphatic heterocycles. The Morgan fingerprint density at radius 2 is 1.88 bits per heavy atom. The maximum atomic E-state index is 13.3. The molecule has 2 aromatic rings. The third kappa shape index (κ3) is 5.42. The number of methoxy groups -OCH3 is 3. The molecule has 3 rings (SSSR count). The summed E-state index contributed by atoms with van der Waals surface area (Å²) in [5, 5.41) is 10.7. The lowest BCUT2D eigenvalue weighted by atomic mass is 10.2. The zero-order chi connectivity index (χ0) is 23.1. The highest BCUT2D eigenvalue weighted by Gasteiger charge is 2.25. The number of carbonyl (C=O) groups is 2. The molecular formula is C21H19N3O6S2. The van der Waals surface area contributed by atoms with E-state index >= 15 is 0 Å². The maximum Gasteiger partial charge on any atom is 0.331 e. The second-order valence-corrected chi connectivity index (χ2v) is 8.51. The van der Waals surface area contributed by atoms with Crippen LogP contribution in [-0.4, -0.2) is 48.8 Å². The summed E-state index contributed by atoms with van der Waals surface area (Å²) in [5.41, 5.74) is 0.569. The zero-order valence-electron chi connectivity index (χ0n) is 17.4. The number of ether oxygens (including phenoxy) is 3. The molecule has 2 aromatic carbocycles. The van der Waals surface area contributed by atoms with Crippen LogP contribution >= 0.6 is 11.8 Å². The van der Waals surface area contributed by atoms with Crippen molar-refractivity contribution in [1.82, 2.24) is 5.32 Å². The molecule has 9 nitrogen and oxygen atoms in total. The summed E-state index contributed by atoms with van der Waals surface area (Å²) in [6.07, 6.45) is 2.51. The normalized spacial score (nSPS) is 16.9. The lowest BCUT2D eigenvalue weighted by Crippen LogP contribution is -2.19. The van der Waals surface area contributed by atoms with Gasteiger partial charge < -0.3 is 14.2 Å². The van der Waals surface area contributed by atoms with E-state index in [4.69, 9.17) is 9.47 Å². The number of hydrogen-bond donors (Lipinski definition) is 1. The van der Waals surface area contributed by atoms with Gasteiger partial charge in [0.2, 0.25) is 0 Å². The molecule has 0 spiro atoms. The van der Waals surface area contributed by atoms with E-state index in [1.165, 1.54) is 27.5 Å². The summed E-state index contributed by atoms with van der Waals surface area (Å²) in [6, 6.07) is 12.1. The quantitative estimate of drug-likeness (QED) is 0.284. The second-order valence-electron chi connectivity index (χ2n) is 6.06. The lowest BCUT2D eigenvalue weighted by Gasteiger charge is -2.11. The fourth-order valence-corrected chi connectivity index (χ4v) is 4.66. The first-order chi connectivity index (χ1) is 15.5. The molecule has 1 atom stereocenters. The van der Waals surface area contributed by atoms with Gasteiger partial charge in [-0.3, -0.25) is 10.1 Å². The Morgan fingerprint density at radius 1 is 1.09 bits per heavy atom. The Bertz CT molecular complexity index is 1160. The summed E-state index contributed by atoms with van der Waals surface area (Å²) in [5.74, 6) is -0.0969. The molecule has 1 saturated heterocycles. The number of thioether (sulfide) groups is 1. The molecular weight excluding hydrogens is 454 g/mol. The number of hydrogen-bond acceptors (Lipinski definition) is 9. The van der Waals surface area contributed by atoms with E-state index in [1.807, 2.05) is 0 Å². The number of amides is 1. The van der Waals surface area contributed by atoms with Crippen LogP contribution in [0.4, 0.5) is 0 Å². The first-order valence-corrected chi connectivity index (χ1v) is 11.1. The van der Waals surface area contributed by atoms with Gasteiger partial charge >= 0.3 is 5.97 Å². The van der Waals surface area contributed by atoms with Crippen LogP contribution in [0.2, 0.25) is 0 Å². The van der Waals surface area contributed by atoms with Gasteiger partial charge in [-0.15, -0.1) is 5.10 Å². The van der Waals surface area contributed by atoms with Gasteiger partial charge in [0.15, 0.2) is 5.17 Å². The number of benzene rings is 2. The molecule has 1 amide bonds. The van der Waals surface area contributed by atoms with Gasteiger partial charge in [-0.2, -0.15) is 5.10 Å². The minimum atomic E-state index is -1.59. The highest BCUT2D eigenvalue weighted by molar-refractivity contribution is 8.18. The fourth-order valence-electron chi connectivity index (χ4n) is 2.59. The summed E-state index contributed by atoms with van der Waals surface area (Å²) in [6.45, 7) is 0. The second kappa shape index (κ2) is 10.7. The molecule has 1 heterocycles. The number of nitrogens with zero attached hydrogens (tertiary/aromatic N) is 2. The van der Waals surface area contributed by atoms with Crippen LogP contribution in [0.25, 0.3) is 0 Å². The van der Waals surface area contributed by atoms with E-state index in [0.717, 1.165) is 17.8 Å². The Hall–Kier alpha value is -3.44. The monoisotopic (exact) mass is 473 g/mol. The minimum Gasteiger partial charge on any atom is -0.497 e. The maximum absolute atomic E-state index is 13.3. The lowest BCUT2D eigenvalue weighted by molar-refractivity contribution is -0.135. The Labute approximate surface area is 191 Å². The predicted octanol–water partition coefficient (Wildman–Crippen LogP) is 2.48. The minimum absolute atomic E-state index is 0.150. The molecule has 166 valence electrons. The molecule has 0 aliphatic carbocycles. The smallest absolute Gasteiger partial charge is 0.331 e. The van der Waals surface area contributed by atoms with Gasteiger partial charge in [-0.1, -0.05) is 18.2 Å². The van der Waals surface area contributed by atoms with E-state index in [-0.39, 0.29) is 10.1 Å². The van der Waals surface area contributed by atoms with Crippen molar-refractivity contribution in [2.75, 3.05) is 21.3 Å². The van der Waals surface area contributed by atoms with Gasteiger partial charge in [0, 0.05) is 17.7 Å². The van der Waals surface area contributed by atoms with Gasteiger partial charge in [0.1, 0.15) is 11.5 Å². The highest BCUT2D eigenvalue weighted by atomic mass is 32.2. The van der Waals surface area contributed by atoms with Crippen molar-refractivity contribution < 1.29 is 28.0 Å². The zero-order valence-corrected chi connectivity index (χ0v) is 19.0. The topological polar surface area (TPSA) is 116 Å². The molecule has 1 unspecified atom stereocenters. The molecule has 1 N–H and O–H groups in total. The van der Waals surface area contributed by atoms with Crippen LogP contribution in [0.15, 0.2) is 73.4 Å². The van der Waals surface area contributed by atoms with Crippen LogP contribution in [0.5, 0.6) is 11.5 Å². The van der Waals surface area contributed by atoms with Gasteiger partial charge in [-0.25, -0.2) is 9.00 Å². The Balaban J connectivity index is 1.85. The summed E-state index contributed by atoms with van der Waals surface area (Å²) < 4.78 is 28.4. The summed E-state index contributed by atoms with van der Waals surface area (Å²) in [4.78, 5) is 24.3.